The number of hydrogen-bond acceptors (Lipinski definition) is 4. The summed E-state index contributed by atoms with van der Waals surface area (Å²) in [5, 5.41) is 7.36. The number of nitrogens with zero attached hydrogens (tertiary/aromatic N) is 1. The molecule has 4 nitrogen and oxygen atoms in total. The van der Waals surface area contributed by atoms with Gasteiger partial charge in [-0.25, -0.2) is 0 Å². The minimum absolute atomic E-state index is 0.0631. The van der Waals surface area contributed by atoms with E-state index in [1.807, 2.05) is 0 Å². The SMILES string of the molecule is CCC1CN=C(NCCC(=O)NC)S1. The fraction of sp³-hybridized carbons (Fsp3) is 0.778. The highest BCUT2D eigenvalue weighted by molar-refractivity contribution is 8.14. The van der Waals surface area contributed by atoms with Gasteiger partial charge in [-0.2, -0.15) is 0 Å². The smallest absolute Gasteiger partial charge is 0.221 e. The molecule has 1 atom stereocenters. The molecular formula is C9H17N3OS. The Morgan fingerprint density at radius 2 is 2.50 bits per heavy atom. The molecule has 1 unspecified atom stereocenters. The van der Waals surface area contributed by atoms with Gasteiger partial charge in [0.2, 0.25) is 5.91 Å². The average molecular weight is 215 g/mol. The van der Waals surface area contributed by atoms with Crippen molar-refractivity contribution >= 4 is 22.8 Å². The standard InChI is InChI=1S/C9H17N3OS/c1-3-7-6-12-9(14-7)11-5-4-8(13)10-2/h7H,3-6H2,1-2H3,(H,10,13)(H,11,12). The molecule has 1 aliphatic heterocycles. The molecule has 0 spiro atoms. The summed E-state index contributed by atoms with van der Waals surface area (Å²) < 4.78 is 0. The molecular weight excluding hydrogens is 198 g/mol. The molecule has 0 fully saturated rings. The molecule has 2 N–H and O–H groups in total. The maximum atomic E-state index is 10.9. The van der Waals surface area contributed by atoms with Crippen molar-refractivity contribution in [3.05, 3.63) is 0 Å². The van der Waals surface area contributed by atoms with Crippen molar-refractivity contribution in [1.82, 2.24) is 10.6 Å². The first kappa shape index (κ1) is 11.4. The van der Waals surface area contributed by atoms with Gasteiger partial charge in [0.05, 0.1) is 6.54 Å². The molecule has 0 radical (unpaired) electrons. The predicted molar refractivity (Wildman–Crippen MR) is 60.7 cm³/mol. The van der Waals surface area contributed by atoms with Crippen LogP contribution in [0.15, 0.2) is 4.99 Å². The number of carbonyl (C=O) groups excluding carboxylic acids is 1. The van der Waals surface area contributed by atoms with E-state index in [1.54, 1.807) is 18.8 Å². The van der Waals surface area contributed by atoms with Crippen LogP contribution in [0.1, 0.15) is 19.8 Å². The summed E-state index contributed by atoms with van der Waals surface area (Å²) in [5.41, 5.74) is 0. The number of amidine groups is 1. The van der Waals surface area contributed by atoms with Gasteiger partial charge in [0.25, 0.3) is 0 Å². The third-order valence-corrected chi connectivity index (χ3v) is 3.39. The minimum Gasteiger partial charge on any atom is -0.364 e. The molecule has 0 aliphatic carbocycles. The van der Waals surface area contributed by atoms with Crippen LogP contribution in [0.4, 0.5) is 0 Å². The number of rotatable bonds is 4. The van der Waals surface area contributed by atoms with Crippen LogP contribution in [0.5, 0.6) is 0 Å². The van der Waals surface area contributed by atoms with Gasteiger partial charge in [0.15, 0.2) is 5.17 Å². The lowest BCUT2D eigenvalue weighted by Gasteiger charge is -2.06. The lowest BCUT2D eigenvalue weighted by atomic mass is 10.3. The molecule has 0 aromatic rings. The van der Waals surface area contributed by atoms with E-state index in [1.165, 1.54) is 0 Å². The van der Waals surface area contributed by atoms with Crippen LogP contribution in [0.2, 0.25) is 0 Å². The van der Waals surface area contributed by atoms with Crippen LogP contribution in [0.3, 0.4) is 0 Å². The Bertz CT molecular complexity index is 230. The quantitative estimate of drug-likeness (QED) is 0.722. The zero-order valence-electron chi connectivity index (χ0n) is 8.67. The summed E-state index contributed by atoms with van der Waals surface area (Å²) in [5.74, 6) is 0.0631. The molecule has 0 aromatic heterocycles. The van der Waals surface area contributed by atoms with E-state index in [-0.39, 0.29) is 5.91 Å². The van der Waals surface area contributed by atoms with Gasteiger partial charge in [0, 0.05) is 25.3 Å². The lowest BCUT2D eigenvalue weighted by Crippen LogP contribution is -2.27. The summed E-state index contributed by atoms with van der Waals surface area (Å²) >= 11 is 1.78. The molecule has 1 rings (SSSR count). The maximum absolute atomic E-state index is 10.9. The van der Waals surface area contributed by atoms with Crippen LogP contribution in [0, 0.1) is 0 Å². The third kappa shape index (κ3) is 3.57. The molecule has 1 amide bonds. The van der Waals surface area contributed by atoms with E-state index in [4.69, 9.17) is 0 Å². The van der Waals surface area contributed by atoms with E-state index < -0.39 is 0 Å². The second kappa shape index (κ2) is 5.90. The summed E-state index contributed by atoms with van der Waals surface area (Å²) in [6, 6.07) is 0. The molecule has 0 saturated carbocycles. The van der Waals surface area contributed by atoms with E-state index in [0.29, 0.717) is 18.2 Å². The van der Waals surface area contributed by atoms with Gasteiger partial charge in [-0.15, -0.1) is 0 Å². The van der Waals surface area contributed by atoms with Crippen molar-refractivity contribution in [2.75, 3.05) is 20.1 Å². The molecule has 5 heteroatoms. The Hall–Kier alpha value is -0.710. The van der Waals surface area contributed by atoms with Crippen molar-refractivity contribution in [2.24, 2.45) is 4.99 Å². The van der Waals surface area contributed by atoms with Gasteiger partial charge in [0.1, 0.15) is 0 Å². The molecule has 1 aliphatic rings. The molecule has 14 heavy (non-hydrogen) atoms. The van der Waals surface area contributed by atoms with Gasteiger partial charge in [-0.05, 0) is 6.42 Å². The number of hydrogen-bond donors (Lipinski definition) is 2. The largest absolute Gasteiger partial charge is 0.364 e. The normalized spacial score (nSPS) is 20.4. The Morgan fingerprint density at radius 1 is 1.71 bits per heavy atom. The summed E-state index contributed by atoms with van der Waals surface area (Å²) in [6.07, 6.45) is 1.65. The number of amides is 1. The number of thioether (sulfide) groups is 1. The summed E-state index contributed by atoms with van der Waals surface area (Å²) in [7, 11) is 1.65. The number of aliphatic imine (C=N–C) groups is 1. The zero-order chi connectivity index (χ0) is 10.4. The zero-order valence-corrected chi connectivity index (χ0v) is 9.49. The Balaban J connectivity index is 2.11. The van der Waals surface area contributed by atoms with Gasteiger partial charge in [-0.1, -0.05) is 18.7 Å². The van der Waals surface area contributed by atoms with E-state index in [2.05, 4.69) is 22.5 Å². The molecule has 80 valence electrons. The predicted octanol–water partition coefficient (Wildman–Crippen LogP) is 0.594. The molecule has 1 heterocycles. The van der Waals surface area contributed by atoms with Crippen molar-refractivity contribution in [1.29, 1.82) is 0 Å². The summed E-state index contributed by atoms with van der Waals surface area (Å²) in [4.78, 5) is 15.3. The van der Waals surface area contributed by atoms with E-state index in [9.17, 15) is 4.79 Å². The fourth-order valence-corrected chi connectivity index (χ4v) is 2.10. The van der Waals surface area contributed by atoms with Gasteiger partial charge < -0.3 is 10.6 Å². The Morgan fingerprint density at radius 3 is 3.07 bits per heavy atom. The van der Waals surface area contributed by atoms with Crippen molar-refractivity contribution < 1.29 is 4.79 Å². The van der Waals surface area contributed by atoms with Crippen LogP contribution >= 0.6 is 11.8 Å². The highest BCUT2D eigenvalue weighted by atomic mass is 32.2. The van der Waals surface area contributed by atoms with Crippen molar-refractivity contribution in [2.45, 2.75) is 25.0 Å². The maximum Gasteiger partial charge on any atom is 0.221 e. The van der Waals surface area contributed by atoms with Crippen LogP contribution in [-0.2, 0) is 4.79 Å². The number of nitrogens with one attached hydrogen (secondary N) is 2. The van der Waals surface area contributed by atoms with E-state index >= 15 is 0 Å². The minimum atomic E-state index is 0.0631. The Kier molecular flexibility index (Phi) is 4.79. The average Bonchev–Trinajstić information content (AvgIpc) is 2.65. The van der Waals surface area contributed by atoms with E-state index in [0.717, 1.165) is 18.1 Å². The monoisotopic (exact) mass is 215 g/mol. The molecule has 0 aromatic carbocycles. The van der Waals surface area contributed by atoms with Crippen LogP contribution in [0.25, 0.3) is 0 Å². The highest BCUT2D eigenvalue weighted by Gasteiger charge is 2.16. The van der Waals surface area contributed by atoms with Crippen molar-refractivity contribution in [3.8, 4) is 0 Å². The highest BCUT2D eigenvalue weighted by Crippen LogP contribution is 2.21. The van der Waals surface area contributed by atoms with Crippen LogP contribution < -0.4 is 10.6 Å². The third-order valence-electron chi connectivity index (χ3n) is 2.08. The lowest BCUT2D eigenvalue weighted by molar-refractivity contribution is -0.120. The van der Waals surface area contributed by atoms with Crippen molar-refractivity contribution in [3.63, 3.8) is 0 Å². The summed E-state index contributed by atoms with van der Waals surface area (Å²) in [6.45, 7) is 3.74. The van der Waals surface area contributed by atoms with Gasteiger partial charge in [-0.3, -0.25) is 9.79 Å². The Labute approximate surface area is 88.9 Å². The first-order chi connectivity index (χ1) is 6.76. The number of carbonyl (C=O) groups is 1. The molecule has 0 bridgehead atoms. The second-order valence-electron chi connectivity index (χ2n) is 3.14. The molecule has 0 saturated heterocycles. The van der Waals surface area contributed by atoms with Crippen LogP contribution in [-0.4, -0.2) is 36.5 Å². The first-order valence-corrected chi connectivity index (χ1v) is 5.79. The van der Waals surface area contributed by atoms with Gasteiger partial charge >= 0.3 is 0 Å². The fourth-order valence-electron chi connectivity index (χ4n) is 1.14. The topological polar surface area (TPSA) is 53.5 Å². The second-order valence-corrected chi connectivity index (χ2v) is 4.43. The first-order valence-electron chi connectivity index (χ1n) is 4.91.